The van der Waals surface area contributed by atoms with Crippen LogP contribution in [-0.2, 0) is 9.53 Å². The summed E-state index contributed by atoms with van der Waals surface area (Å²) < 4.78 is 5.15. The topological polar surface area (TPSA) is 26.3 Å². The first-order chi connectivity index (χ1) is 11.3. The second kappa shape index (κ2) is 7.74. The van der Waals surface area contributed by atoms with E-state index in [0.717, 1.165) is 32.1 Å². The fourth-order valence-corrected chi connectivity index (χ4v) is 4.95. The number of carbonyl (C=O) groups is 1. The van der Waals surface area contributed by atoms with Crippen molar-refractivity contribution in [1.82, 2.24) is 0 Å². The molecule has 0 N–H and O–H groups in total. The van der Waals surface area contributed by atoms with E-state index in [9.17, 15) is 4.79 Å². The Balaban J connectivity index is 2.24. The smallest absolute Gasteiger partial charge is 0.228 e. The average Bonchev–Trinajstić information content (AvgIpc) is 2.55. The van der Waals surface area contributed by atoms with Crippen LogP contribution in [0.5, 0.6) is 0 Å². The van der Waals surface area contributed by atoms with E-state index in [-0.39, 0.29) is 16.1 Å². The van der Waals surface area contributed by atoms with E-state index in [4.69, 9.17) is 16.3 Å². The predicted molar refractivity (Wildman–Crippen MR) is 101 cm³/mol. The molecule has 0 bridgehead atoms. The summed E-state index contributed by atoms with van der Waals surface area (Å²) in [4.78, 5) is 12.2. The molecule has 0 radical (unpaired) electrons. The van der Waals surface area contributed by atoms with Gasteiger partial charge in [0.15, 0.2) is 0 Å². The van der Waals surface area contributed by atoms with Gasteiger partial charge in [0.1, 0.15) is 0 Å². The summed E-state index contributed by atoms with van der Waals surface area (Å²) in [5.41, 5.74) is 2.68. The third-order valence-electron chi connectivity index (χ3n) is 6.89. The molecule has 0 saturated heterocycles. The minimum atomic E-state index is -0.381. The molecule has 0 aliphatic heterocycles. The van der Waals surface area contributed by atoms with Gasteiger partial charge < -0.3 is 4.74 Å². The Morgan fingerprint density at radius 2 is 2.12 bits per heavy atom. The monoisotopic (exact) mass is 352 g/mol. The van der Waals surface area contributed by atoms with E-state index in [1.165, 1.54) is 17.6 Å². The van der Waals surface area contributed by atoms with Gasteiger partial charge in [-0.2, -0.15) is 0 Å². The standard InChI is InChI=1S/C21H33ClO2/c1-15(11-14-24-5)10-13-20(3)16(2)8-9-18-17(20)7-6-12-21(18,4)19(22)23/h7,11,16,18H,6,8-10,12-14H2,1-5H3/b15-11+/t16-,18+,20+,21+/m1/s1. The Kier molecular flexibility index (Phi) is 6.36. The molecular formula is C21H33ClO2. The van der Waals surface area contributed by atoms with Gasteiger partial charge in [0.25, 0.3) is 0 Å². The number of hydrogen-bond donors (Lipinski definition) is 0. The number of rotatable bonds is 6. The zero-order valence-corrected chi connectivity index (χ0v) is 16.7. The van der Waals surface area contributed by atoms with Gasteiger partial charge >= 0.3 is 0 Å². The van der Waals surface area contributed by atoms with Crippen molar-refractivity contribution in [1.29, 1.82) is 0 Å². The number of halogens is 1. The molecule has 1 fully saturated rings. The minimum absolute atomic E-state index is 0.147. The third kappa shape index (κ3) is 3.65. The van der Waals surface area contributed by atoms with Crippen LogP contribution in [0.15, 0.2) is 23.3 Å². The summed E-state index contributed by atoms with van der Waals surface area (Å²) in [5.74, 6) is 0.962. The molecule has 2 aliphatic carbocycles. The summed E-state index contributed by atoms with van der Waals surface area (Å²) in [6.45, 7) is 9.74. The number of carbonyl (C=O) groups excluding carboxylic acids is 1. The molecule has 2 nitrogen and oxygen atoms in total. The summed E-state index contributed by atoms with van der Waals surface area (Å²) >= 11 is 6.04. The Hall–Kier alpha value is -0.600. The lowest BCUT2D eigenvalue weighted by molar-refractivity contribution is -0.123. The second-order valence-corrected chi connectivity index (χ2v) is 8.69. The van der Waals surface area contributed by atoms with E-state index >= 15 is 0 Å². The molecule has 2 aliphatic rings. The first-order valence-corrected chi connectivity index (χ1v) is 9.68. The number of allylic oxidation sites excluding steroid dienone is 3. The van der Waals surface area contributed by atoms with Crippen LogP contribution in [-0.4, -0.2) is 19.0 Å². The predicted octanol–water partition coefficient (Wildman–Crippen LogP) is 5.90. The molecule has 3 heteroatoms. The third-order valence-corrected chi connectivity index (χ3v) is 7.33. The van der Waals surface area contributed by atoms with Gasteiger partial charge in [0, 0.05) is 12.5 Å². The molecule has 0 aromatic rings. The normalized spacial score (nSPS) is 36.9. The molecule has 0 unspecified atom stereocenters. The number of hydrogen-bond acceptors (Lipinski definition) is 2. The van der Waals surface area contributed by atoms with Crippen molar-refractivity contribution < 1.29 is 9.53 Å². The van der Waals surface area contributed by atoms with Gasteiger partial charge in [-0.15, -0.1) is 0 Å². The zero-order chi connectivity index (χ0) is 18.0. The first-order valence-electron chi connectivity index (χ1n) is 9.30. The van der Waals surface area contributed by atoms with Crippen LogP contribution in [0, 0.1) is 22.7 Å². The molecule has 4 atom stereocenters. The lowest BCUT2D eigenvalue weighted by atomic mass is 9.52. The van der Waals surface area contributed by atoms with Crippen LogP contribution in [0.3, 0.4) is 0 Å². The maximum absolute atomic E-state index is 12.2. The quantitative estimate of drug-likeness (QED) is 0.439. The van der Waals surface area contributed by atoms with E-state index in [1.54, 1.807) is 7.11 Å². The van der Waals surface area contributed by atoms with E-state index in [2.05, 4.69) is 39.8 Å². The van der Waals surface area contributed by atoms with Crippen LogP contribution in [0.1, 0.15) is 66.2 Å². The van der Waals surface area contributed by atoms with Crippen LogP contribution in [0.4, 0.5) is 0 Å². The Bertz CT molecular complexity index is 536. The molecule has 0 heterocycles. The van der Waals surface area contributed by atoms with Gasteiger partial charge in [-0.25, -0.2) is 0 Å². The van der Waals surface area contributed by atoms with Crippen molar-refractivity contribution in [3.63, 3.8) is 0 Å². The highest BCUT2D eigenvalue weighted by atomic mass is 35.5. The molecule has 0 amide bonds. The lowest BCUT2D eigenvalue weighted by Crippen LogP contribution is -2.46. The van der Waals surface area contributed by atoms with E-state index in [0.29, 0.717) is 18.4 Å². The highest BCUT2D eigenvalue weighted by Gasteiger charge is 2.51. The van der Waals surface area contributed by atoms with Crippen LogP contribution in [0.2, 0.25) is 0 Å². The maximum Gasteiger partial charge on any atom is 0.228 e. The summed E-state index contributed by atoms with van der Waals surface area (Å²) in [6, 6.07) is 0. The van der Waals surface area contributed by atoms with E-state index in [1.807, 2.05) is 0 Å². The summed E-state index contributed by atoms with van der Waals surface area (Å²) in [5, 5.41) is -0.147. The fourth-order valence-electron chi connectivity index (χ4n) is 4.72. The van der Waals surface area contributed by atoms with E-state index < -0.39 is 0 Å². The second-order valence-electron chi connectivity index (χ2n) is 8.34. The number of ether oxygens (including phenoxy) is 1. The largest absolute Gasteiger partial charge is 0.381 e. The lowest BCUT2D eigenvalue weighted by Gasteiger charge is -2.53. The molecule has 136 valence electrons. The molecule has 1 saturated carbocycles. The van der Waals surface area contributed by atoms with Crippen molar-refractivity contribution in [2.75, 3.05) is 13.7 Å². The van der Waals surface area contributed by atoms with Crippen molar-refractivity contribution >= 4 is 16.8 Å². The molecule has 0 aromatic carbocycles. The molecule has 2 rings (SSSR count). The highest BCUT2D eigenvalue weighted by Crippen LogP contribution is 2.58. The van der Waals surface area contributed by atoms with Gasteiger partial charge in [-0.05, 0) is 74.3 Å². The van der Waals surface area contributed by atoms with Crippen LogP contribution in [0.25, 0.3) is 0 Å². The van der Waals surface area contributed by atoms with Crippen molar-refractivity contribution in [2.45, 2.75) is 66.2 Å². The molecule has 0 spiro atoms. The summed E-state index contributed by atoms with van der Waals surface area (Å²) in [7, 11) is 1.73. The van der Waals surface area contributed by atoms with Crippen molar-refractivity contribution in [3.05, 3.63) is 23.3 Å². The Morgan fingerprint density at radius 1 is 1.42 bits per heavy atom. The van der Waals surface area contributed by atoms with Crippen molar-refractivity contribution in [2.24, 2.45) is 22.7 Å². The summed E-state index contributed by atoms with van der Waals surface area (Å²) in [6.07, 6.45) is 11.0. The minimum Gasteiger partial charge on any atom is -0.381 e. The molecular weight excluding hydrogens is 320 g/mol. The highest BCUT2D eigenvalue weighted by molar-refractivity contribution is 6.64. The Morgan fingerprint density at radius 3 is 2.75 bits per heavy atom. The SMILES string of the molecule is COC/C=C(\C)CC[C@]1(C)C2=CCC[C@](C)(C(=O)Cl)[C@H]2CC[C@H]1C. The fraction of sp³-hybridized carbons (Fsp3) is 0.762. The Labute approximate surface area is 152 Å². The van der Waals surface area contributed by atoms with Gasteiger partial charge in [0.2, 0.25) is 5.24 Å². The van der Waals surface area contributed by atoms with Gasteiger partial charge in [0.05, 0.1) is 6.61 Å². The first kappa shape index (κ1) is 19.7. The van der Waals surface area contributed by atoms with Gasteiger partial charge in [-0.3, -0.25) is 4.79 Å². The molecule has 24 heavy (non-hydrogen) atoms. The zero-order valence-electron chi connectivity index (χ0n) is 16.0. The van der Waals surface area contributed by atoms with Crippen molar-refractivity contribution in [3.8, 4) is 0 Å². The molecule has 0 aromatic heterocycles. The number of methoxy groups -OCH3 is 1. The average molecular weight is 353 g/mol. The van der Waals surface area contributed by atoms with Gasteiger partial charge in [-0.1, -0.05) is 44.1 Å². The number of fused-ring (bicyclic) bond motifs is 1. The van der Waals surface area contributed by atoms with Crippen LogP contribution >= 0.6 is 11.6 Å². The van der Waals surface area contributed by atoms with Crippen LogP contribution < -0.4 is 0 Å². The maximum atomic E-state index is 12.2.